The Kier molecular flexibility index (Phi) is 7.63. The fourth-order valence-electron chi connectivity index (χ4n) is 4.94. The predicted molar refractivity (Wildman–Crippen MR) is 153 cm³/mol. The van der Waals surface area contributed by atoms with Gasteiger partial charge in [0.1, 0.15) is 0 Å². The van der Waals surface area contributed by atoms with Crippen molar-refractivity contribution in [2.24, 2.45) is 5.73 Å². The van der Waals surface area contributed by atoms with Crippen molar-refractivity contribution in [1.82, 2.24) is 5.32 Å². The van der Waals surface area contributed by atoms with Crippen LogP contribution in [0.3, 0.4) is 0 Å². The largest absolute Gasteiger partial charge is 0.416 e. The fourth-order valence-corrected chi connectivity index (χ4v) is 5.18. The zero-order valence-electron chi connectivity index (χ0n) is 21.2. The maximum Gasteiger partial charge on any atom is 0.416 e. The molecule has 10 heteroatoms. The summed E-state index contributed by atoms with van der Waals surface area (Å²) in [7, 11) is 0. The highest BCUT2D eigenvalue weighted by atomic mass is 32.1. The lowest BCUT2D eigenvalue weighted by Gasteiger charge is -2.29. The van der Waals surface area contributed by atoms with E-state index in [2.05, 4.69) is 10.6 Å². The molecule has 5 aromatic rings. The van der Waals surface area contributed by atoms with Crippen LogP contribution in [0.1, 0.15) is 34.3 Å². The first kappa shape index (κ1) is 28.4. The molecule has 5 rings (SSSR count). The summed E-state index contributed by atoms with van der Waals surface area (Å²) in [6.45, 7) is 0. The average molecular weight is 584 g/mol. The van der Waals surface area contributed by atoms with Crippen LogP contribution in [0.15, 0.2) is 103 Å². The first-order valence-corrected chi connectivity index (χ1v) is 12.9. The standard InChI is InChI=1S/C31H23F6N3S/c32-30(33,34)20-15-21(31(35,36)37)17-22(16-20)39-29(41)40-28(26-14-6-10-19-8-2-4-12-24(19)26)27(38)25-13-5-9-18-7-1-3-11-23(18)25/h1-17,27-28H,38H2,(H2,39,40,41)/t27-,28-/m0/s1. The van der Waals surface area contributed by atoms with Gasteiger partial charge in [0.25, 0.3) is 0 Å². The average Bonchev–Trinajstić information content (AvgIpc) is 2.94. The van der Waals surface area contributed by atoms with Crippen LogP contribution in [-0.4, -0.2) is 5.11 Å². The minimum Gasteiger partial charge on any atom is -0.354 e. The topological polar surface area (TPSA) is 50.1 Å². The summed E-state index contributed by atoms with van der Waals surface area (Å²) < 4.78 is 80.5. The van der Waals surface area contributed by atoms with E-state index in [9.17, 15) is 26.3 Å². The van der Waals surface area contributed by atoms with Gasteiger partial charge in [-0.2, -0.15) is 26.3 Å². The number of anilines is 1. The summed E-state index contributed by atoms with van der Waals surface area (Å²) in [5.41, 5.74) is 5.07. The van der Waals surface area contributed by atoms with E-state index in [1.165, 1.54) is 0 Å². The lowest BCUT2D eigenvalue weighted by atomic mass is 9.88. The van der Waals surface area contributed by atoms with Crippen molar-refractivity contribution in [3.05, 3.63) is 125 Å². The van der Waals surface area contributed by atoms with Crippen LogP contribution < -0.4 is 16.4 Å². The van der Waals surface area contributed by atoms with Crippen molar-refractivity contribution in [3.8, 4) is 0 Å². The number of nitrogens with two attached hydrogens (primary N) is 1. The fraction of sp³-hybridized carbons (Fsp3) is 0.129. The van der Waals surface area contributed by atoms with Crippen molar-refractivity contribution in [2.75, 3.05) is 5.32 Å². The zero-order valence-corrected chi connectivity index (χ0v) is 22.0. The van der Waals surface area contributed by atoms with Gasteiger partial charge in [-0.3, -0.25) is 0 Å². The van der Waals surface area contributed by atoms with Gasteiger partial charge < -0.3 is 16.4 Å². The van der Waals surface area contributed by atoms with Crippen molar-refractivity contribution in [1.29, 1.82) is 0 Å². The summed E-state index contributed by atoms with van der Waals surface area (Å²) in [5, 5.41) is 9.07. The molecule has 0 spiro atoms. The quantitative estimate of drug-likeness (QED) is 0.143. The Labute approximate surface area is 237 Å². The molecule has 4 N–H and O–H groups in total. The van der Waals surface area contributed by atoms with Crippen LogP contribution in [0.5, 0.6) is 0 Å². The second-order valence-corrected chi connectivity index (χ2v) is 9.94. The van der Waals surface area contributed by atoms with Crippen LogP contribution in [-0.2, 0) is 12.4 Å². The highest BCUT2D eigenvalue weighted by Crippen LogP contribution is 2.38. The van der Waals surface area contributed by atoms with Gasteiger partial charge in [0.2, 0.25) is 0 Å². The van der Waals surface area contributed by atoms with E-state index in [0.29, 0.717) is 12.1 Å². The molecule has 3 nitrogen and oxygen atoms in total. The van der Waals surface area contributed by atoms with Crippen molar-refractivity contribution >= 4 is 44.6 Å². The van der Waals surface area contributed by atoms with Crippen LogP contribution >= 0.6 is 12.2 Å². The van der Waals surface area contributed by atoms with Gasteiger partial charge >= 0.3 is 12.4 Å². The normalized spacial score (nSPS) is 13.6. The second kappa shape index (κ2) is 11.0. The predicted octanol–water partition coefficient (Wildman–Crippen LogP) is 8.76. The Morgan fingerprint density at radius 3 is 1.63 bits per heavy atom. The third-order valence-electron chi connectivity index (χ3n) is 6.83. The van der Waals surface area contributed by atoms with E-state index in [4.69, 9.17) is 18.0 Å². The molecule has 0 radical (unpaired) electrons. The van der Waals surface area contributed by atoms with Gasteiger partial charge in [-0.1, -0.05) is 84.9 Å². The molecule has 2 atom stereocenters. The minimum absolute atomic E-state index is 0.0665. The van der Waals surface area contributed by atoms with E-state index in [1.807, 2.05) is 84.9 Å². The summed E-state index contributed by atoms with van der Waals surface area (Å²) >= 11 is 5.43. The zero-order chi connectivity index (χ0) is 29.4. The van der Waals surface area contributed by atoms with E-state index in [1.54, 1.807) is 0 Å². The van der Waals surface area contributed by atoms with E-state index >= 15 is 0 Å². The molecule has 210 valence electrons. The van der Waals surface area contributed by atoms with Crippen LogP contribution in [0.25, 0.3) is 21.5 Å². The molecule has 0 fully saturated rings. The summed E-state index contributed by atoms with van der Waals surface area (Å²) in [6, 6.07) is 26.4. The third-order valence-corrected chi connectivity index (χ3v) is 7.05. The number of alkyl halides is 6. The molecule has 41 heavy (non-hydrogen) atoms. The van der Waals surface area contributed by atoms with Gasteiger partial charge in [0.05, 0.1) is 23.2 Å². The van der Waals surface area contributed by atoms with Gasteiger partial charge in [-0.25, -0.2) is 0 Å². The van der Waals surface area contributed by atoms with Crippen LogP contribution in [0.4, 0.5) is 32.0 Å². The summed E-state index contributed by atoms with van der Waals surface area (Å²) in [6.07, 6.45) is -9.98. The highest BCUT2D eigenvalue weighted by molar-refractivity contribution is 7.80. The van der Waals surface area contributed by atoms with Crippen LogP contribution in [0, 0.1) is 0 Å². The number of halogens is 6. The molecule has 0 saturated heterocycles. The molecule has 0 aliphatic rings. The first-order valence-electron chi connectivity index (χ1n) is 12.5. The number of thiocarbonyl (C=S) groups is 1. The number of rotatable bonds is 5. The van der Waals surface area contributed by atoms with E-state index in [-0.39, 0.29) is 11.2 Å². The van der Waals surface area contributed by atoms with Gasteiger partial charge in [-0.15, -0.1) is 0 Å². The summed E-state index contributed by atoms with van der Waals surface area (Å²) in [5.74, 6) is 0. The number of fused-ring (bicyclic) bond motifs is 2. The second-order valence-electron chi connectivity index (χ2n) is 9.53. The van der Waals surface area contributed by atoms with Crippen molar-refractivity contribution < 1.29 is 26.3 Å². The Morgan fingerprint density at radius 2 is 1.10 bits per heavy atom. The Morgan fingerprint density at radius 1 is 0.634 bits per heavy atom. The number of hydrogen-bond donors (Lipinski definition) is 3. The number of hydrogen-bond acceptors (Lipinski definition) is 2. The minimum atomic E-state index is -4.99. The van der Waals surface area contributed by atoms with Crippen molar-refractivity contribution in [2.45, 2.75) is 24.4 Å². The van der Waals surface area contributed by atoms with Gasteiger partial charge in [-0.05, 0) is 63.1 Å². The molecular formula is C31H23F6N3S. The Hall–Kier alpha value is -4.15. The third kappa shape index (κ3) is 6.13. The summed E-state index contributed by atoms with van der Waals surface area (Å²) in [4.78, 5) is 0. The molecule has 0 saturated carbocycles. The molecule has 0 unspecified atom stereocenters. The lowest BCUT2D eigenvalue weighted by Crippen LogP contribution is -2.38. The van der Waals surface area contributed by atoms with E-state index in [0.717, 1.165) is 32.7 Å². The maximum atomic E-state index is 13.4. The van der Waals surface area contributed by atoms with Gasteiger partial charge in [0, 0.05) is 5.69 Å². The smallest absolute Gasteiger partial charge is 0.354 e. The Bertz CT molecular complexity index is 1690. The maximum absolute atomic E-state index is 13.4. The molecular weight excluding hydrogens is 560 g/mol. The Balaban J connectivity index is 1.56. The lowest BCUT2D eigenvalue weighted by molar-refractivity contribution is -0.143. The molecule has 0 aliphatic heterocycles. The van der Waals surface area contributed by atoms with E-state index < -0.39 is 41.3 Å². The number of benzene rings is 5. The SMILES string of the molecule is N[C@@H](c1cccc2ccccc12)[C@@H](NC(=S)Nc1cc(C(F)(F)F)cc(C(F)(F)F)c1)c1cccc2ccccc12. The van der Waals surface area contributed by atoms with Gasteiger partial charge in [0.15, 0.2) is 5.11 Å². The molecule has 5 aromatic carbocycles. The number of nitrogens with one attached hydrogen (secondary N) is 2. The first-order chi connectivity index (χ1) is 19.4. The molecule has 0 amide bonds. The van der Waals surface area contributed by atoms with Crippen molar-refractivity contribution in [3.63, 3.8) is 0 Å². The van der Waals surface area contributed by atoms with Crippen LogP contribution in [0.2, 0.25) is 0 Å². The molecule has 0 aliphatic carbocycles. The molecule has 0 heterocycles. The molecule has 0 aromatic heterocycles. The monoisotopic (exact) mass is 583 g/mol. The highest BCUT2D eigenvalue weighted by Gasteiger charge is 2.37. The molecule has 0 bridgehead atoms.